The predicted octanol–water partition coefficient (Wildman–Crippen LogP) is 2.13. The van der Waals surface area contributed by atoms with Crippen LogP contribution < -0.4 is 20.5 Å². The van der Waals surface area contributed by atoms with Gasteiger partial charge in [-0.2, -0.15) is 0 Å². The van der Waals surface area contributed by atoms with Crippen LogP contribution in [0, 0.1) is 0 Å². The maximum atomic E-state index is 9.89. The topological polar surface area (TPSA) is 76.7 Å². The summed E-state index contributed by atoms with van der Waals surface area (Å²) >= 11 is 0. The molecule has 0 radical (unpaired) electrons. The van der Waals surface area contributed by atoms with Crippen molar-refractivity contribution in [3.05, 3.63) is 23.8 Å². The molecule has 0 aliphatic carbocycles. The van der Waals surface area contributed by atoms with E-state index in [2.05, 4.69) is 26.1 Å². The summed E-state index contributed by atoms with van der Waals surface area (Å²) in [5.74, 6) is 1.24. The smallest absolute Gasteiger partial charge is 0.161 e. The lowest BCUT2D eigenvalue weighted by molar-refractivity contribution is 0.0985. The van der Waals surface area contributed by atoms with E-state index in [4.69, 9.17) is 15.2 Å². The van der Waals surface area contributed by atoms with E-state index in [1.807, 2.05) is 18.2 Å². The van der Waals surface area contributed by atoms with Gasteiger partial charge in [-0.15, -0.1) is 24.8 Å². The molecule has 0 heterocycles. The summed E-state index contributed by atoms with van der Waals surface area (Å²) in [5, 5.41) is 13.1. The molecule has 0 saturated heterocycles. The van der Waals surface area contributed by atoms with E-state index in [0.717, 1.165) is 5.56 Å². The van der Waals surface area contributed by atoms with Crippen molar-refractivity contribution in [2.45, 2.75) is 39.0 Å². The first kappa shape index (κ1) is 23.5. The number of halogens is 2. The van der Waals surface area contributed by atoms with Gasteiger partial charge in [-0.1, -0.05) is 6.07 Å². The van der Waals surface area contributed by atoms with Gasteiger partial charge in [0, 0.05) is 18.6 Å². The average molecular weight is 355 g/mol. The number of methoxy groups -OCH3 is 1. The standard InChI is InChI=1S/C15H26N2O3.2ClH/c1-15(2,3)17-9-12(18)10-20-13-6-5-11(8-16)7-14(13)19-4;;/h5-7,12,17-18H,8-10,16H2,1-4H3;2*1H. The van der Waals surface area contributed by atoms with Gasteiger partial charge in [0.25, 0.3) is 0 Å². The molecule has 4 N–H and O–H groups in total. The zero-order valence-corrected chi connectivity index (χ0v) is 15.2. The van der Waals surface area contributed by atoms with Crippen LogP contribution in [0.25, 0.3) is 0 Å². The number of nitrogens with one attached hydrogen (secondary N) is 1. The zero-order valence-electron chi connectivity index (χ0n) is 13.6. The molecule has 130 valence electrons. The molecule has 0 aliphatic heterocycles. The van der Waals surface area contributed by atoms with Crippen molar-refractivity contribution < 1.29 is 14.6 Å². The molecule has 0 bridgehead atoms. The lowest BCUT2D eigenvalue weighted by atomic mass is 10.1. The second-order valence-electron chi connectivity index (χ2n) is 5.79. The lowest BCUT2D eigenvalue weighted by Crippen LogP contribution is -2.42. The van der Waals surface area contributed by atoms with Crippen LogP contribution in [-0.4, -0.2) is 37.0 Å². The Balaban J connectivity index is 0. The molecule has 7 heteroatoms. The molecule has 0 aliphatic rings. The number of ether oxygens (including phenoxy) is 2. The Bertz CT molecular complexity index is 426. The van der Waals surface area contributed by atoms with Gasteiger partial charge in [-0.3, -0.25) is 0 Å². The summed E-state index contributed by atoms with van der Waals surface area (Å²) in [7, 11) is 1.58. The summed E-state index contributed by atoms with van der Waals surface area (Å²) in [6, 6.07) is 5.54. The highest BCUT2D eigenvalue weighted by molar-refractivity contribution is 5.85. The van der Waals surface area contributed by atoms with Crippen molar-refractivity contribution >= 4 is 24.8 Å². The molecule has 22 heavy (non-hydrogen) atoms. The molecule has 1 rings (SSSR count). The first-order valence-corrected chi connectivity index (χ1v) is 6.78. The lowest BCUT2D eigenvalue weighted by Gasteiger charge is -2.23. The van der Waals surface area contributed by atoms with Crippen LogP contribution in [0.1, 0.15) is 26.3 Å². The fourth-order valence-corrected chi connectivity index (χ4v) is 1.63. The Morgan fingerprint density at radius 3 is 2.36 bits per heavy atom. The summed E-state index contributed by atoms with van der Waals surface area (Å²) in [5.41, 5.74) is 6.53. The molecular formula is C15H28Cl2N2O3. The highest BCUT2D eigenvalue weighted by Crippen LogP contribution is 2.28. The van der Waals surface area contributed by atoms with E-state index in [0.29, 0.717) is 24.6 Å². The first-order valence-electron chi connectivity index (χ1n) is 6.78. The average Bonchev–Trinajstić information content (AvgIpc) is 2.41. The second kappa shape index (κ2) is 10.9. The van der Waals surface area contributed by atoms with Gasteiger partial charge in [-0.05, 0) is 38.5 Å². The van der Waals surface area contributed by atoms with Crippen molar-refractivity contribution in [1.82, 2.24) is 5.32 Å². The van der Waals surface area contributed by atoms with Crippen molar-refractivity contribution in [2.75, 3.05) is 20.3 Å². The Kier molecular flexibility index (Phi) is 11.7. The van der Waals surface area contributed by atoms with E-state index in [1.165, 1.54) is 0 Å². The molecule has 0 amide bonds. The van der Waals surface area contributed by atoms with Gasteiger partial charge < -0.3 is 25.6 Å². The van der Waals surface area contributed by atoms with E-state index in [9.17, 15) is 5.11 Å². The zero-order chi connectivity index (χ0) is 15.2. The van der Waals surface area contributed by atoms with Crippen molar-refractivity contribution in [3.8, 4) is 11.5 Å². The first-order chi connectivity index (χ1) is 9.35. The number of rotatable bonds is 7. The third-order valence-electron chi connectivity index (χ3n) is 2.76. The Labute approximate surface area is 145 Å². The molecule has 1 atom stereocenters. The summed E-state index contributed by atoms with van der Waals surface area (Å²) < 4.78 is 10.9. The molecule has 1 aromatic rings. The van der Waals surface area contributed by atoms with Crippen LogP contribution in [-0.2, 0) is 6.54 Å². The van der Waals surface area contributed by atoms with E-state index in [-0.39, 0.29) is 37.0 Å². The second-order valence-corrected chi connectivity index (χ2v) is 5.79. The van der Waals surface area contributed by atoms with Gasteiger partial charge in [0.2, 0.25) is 0 Å². The van der Waals surface area contributed by atoms with Crippen LogP contribution in [0.5, 0.6) is 11.5 Å². The Morgan fingerprint density at radius 2 is 1.86 bits per heavy atom. The van der Waals surface area contributed by atoms with Crippen molar-refractivity contribution in [1.29, 1.82) is 0 Å². The Hall–Kier alpha value is -0.720. The summed E-state index contributed by atoms with van der Waals surface area (Å²) in [4.78, 5) is 0. The summed E-state index contributed by atoms with van der Waals surface area (Å²) in [6.45, 7) is 7.29. The molecule has 0 aromatic heterocycles. The number of β-amino-alcohol motifs (C(OH)–C–C–N with tert-alkyl or cyclic N) is 1. The number of hydrogen-bond donors (Lipinski definition) is 3. The quantitative estimate of drug-likeness (QED) is 0.699. The van der Waals surface area contributed by atoms with Crippen molar-refractivity contribution in [3.63, 3.8) is 0 Å². The van der Waals surface area contributed by atoms with Gasteiger partial charge in [0.05, 0.1) is 7.11 Å². The van der Waals surface area contributed by atoms with Crippen LogP contribution >= 0.6 is 24.8 Å². The van der Waals surface area contributed by atoms with Crippen molar-refractivity contribution in [2.24, 2.45) is 5.73 Å². The van der Waals surface area contributed by atoms with Gasteiger partial charge in [0.1, 0.15) is 12.7 Å². The molecular weight excluding hydrogens is 327 g/mol. The van der Waals surface area contributed by atoms with Crippen LogP contribution in [0.15, 0.2) is 18.2 Å². The number of benzene rings is 1. The third kappa shape index (κ3) is 8.66. The number of hydrogen-bond acceptors (Lipinski definition) is 5. The highest BCUT2D eigenvalue weighted by Gasteiger charge is 2.13. The molecule has 0 saturated carbocycles. The molecule has 1 unspecified atom stereocenters. The molecule has 0 spiro atoms. The Morgan fingerprint density at radius 1 is 1.23 bits per heavy atom. The summed E-state index contributed by atoms with van der Waals surface area (Å²) in [6.07, 6.45) is -0.576. The minimum Gasteiger partial charge on any atom is -0.493 e. The van der Waals surface area contributed by atoms with Gasteiger partial charge in [0.15, 0.2) is 11.5 Å². The van der Waals surface area contributed by atoms with E-state index in [1.54, 1.807) is 7.11 Å². The largest absolute Gasteiger partial charge is 0.493 e. The van der Waals surface area contributed by atoms with E-state index < -0.39 is 6.10 Å². The minimum atomic E-state index is -0.576. The normalized spacial score (nSPS) is 11.9. The number of nitrogens with two attached hydrogens (primary N) is 1. The van der Waals surface area contributed by atoms with Crippen LogP contribution in [0.4, 0.5) is 0 Å². The molecule has 5 nitrogen and oxygen atoms in total. The molecule has 1 aromatic carbocycles. The van der Waals surface area contributed by atoms with Gasteiger partial charge >= 0.3 is 0 Å². The van der Waals surface area contributed by atoms with E-state index >= 15 is 0 Å². The monoisotopic (exact) mass is 354 g/mol. The maximum absolute atomic E-state index is 9.89. The SMILES string of the molecule is COc1cc(CN)ccc1OCC(O)CNC(C)(C)C.Cl.Cl. The number of aliphatic hydroxyl groups is 1. The number of aliphatic hydroxyl groups excluding tert-OH is 1. The van der Waals surface area contributed by atoms with Crippen LogP contribution in [0.2, 0.25) is 0 Å². The minimum absolute atomic E-state index is 0. The molecule has 0 fully saturated rings. The maximum Gasteiger partial charge on any atom is 0.161 e. The van der Waals surface area contributed by atoms with Gasteiger partial charge in [-0.25, -0.2) is 0 Å². The van der Waals surface area contributed by atoms with Crippen LogP contribution in [0.3, 0.4) is 0 Å². The predicted molar refractivity (Wildman–Crippen MR) is 94.6 cm³/mol. The fourth-order valence-electron chi connectivity index (χ4n) is 1.63. The third-order valence-corrected chi connectivity index (χ3v) is 2.76. The fraction of sp³-hybridized carbons (Fsp3) is 0.600. The highest BCUT2D eigenvalue weighted by atomic mass is 35.5.